The highest BCUT2D eigenvalue weighted by Gasteiger charge is 2.31. The van der Waals surface area contributed by atoms with Gasteiger partial charge in [-0.2, -0.15) is 4.98 Å². The average molecular weight is 393 g/mol. The summed E-state index contributed by atoms with van der Waals surface area (Å²) in [4.78, 5) is 36.9. The average Bonchev–Trinajstić information content (AvgIpc) is 3.19. The highest BCUT2D eigenvalue weighted by atomic mass is 16.2. The van der Waals surface area contributed by atoms with Gasteiger partial charge in [0.25, 0.3) is 0 Å². The zero-order valence-corrected chi connectivity index (χ0v) is 17.0. The van der Waals surface area contributed by atoms with Gasteiger partial charge >= 0.3 is 0 Å². The Labute approximate surface area is 171 Å². The molecule has 2 heterocycles. The Kier molecular flexibility index (Phi) is 5.47. The first kappa shape index (κ1) is 19.4. The highest BCUT2D eigenvalue weighted by molar-refractivity contribution is 5.97. The first-order chi connectivity index (χ1) is 14.0. The molecule has 2 aromatic rings. The third-order valence-electron chi connectivity index (χ3n) is 5.75. The van der Waals surface area contributed by atoms with Crippen LogP contribution in [0.3, 0.4) is 0 Å². The molecule has 7 nitrogen and oxygen atoms in total. The van der Waals surface area contributed by atoms with Crippen LogP contribution in [0.5, 0.6) is 0 Å². The maximum Gasteiger partial charge on any atom is 0.229 e. The fourth-order valence-corrected chi connectivity index (χ4v) is 4.19. The second-order valence-corrected chi connectivity index (χ2v) is 7.94. The summed E-state index contributed by atoms with van der Waals surface area (Å²) < 4.78 is 0. The predicted molar refractivity (Wildman–Crippen MR) is 114 cm³/mol. The number of carbonyl (C=O) groups excluding carboxylic acids is 2. The van der Waals surface area contributed by atoms with Gasteiger partial charge in [0.15, 0.2) is 5.82 Å². The minimum Gasteiger partial charge on any atom is -0.351 e. The van der Waals surface area contributed by atoms with E-state index >= 15 is 0 Å². The molecule has 4 rings (SSSR count). The minimum absolute atomic E-state index is 0.0946. The number of ketones is 1. The van der Waals surface area contributed by atoms with E-state index in [2.05, 4.69) is 15.2 Å². The lowest BCUT2D eigenvalue weighted by Crippen LogP contribution is -2.34. The summed E-state index contributed by atoms with van der Waals surface area (Å²) in [5.41, 5.74) is 2.61. The van der Waals surface area contributed by atoms with Crippen molar-refractivity contribution in [3.05, 3.63) is 36.0 Å². The van der Waals surface area contributed by atoms with E-state index in [0.29, 0.717) is 31.4 Å². The van der Waals surface area contributed by atoms with Crippen molar-refractivity contribution in [1.29, 1.82) is 0 Å². The van der Waals surface area contributed by atoms with E-state index in [1.807, 2.05) is 24.3 Å². The number of Topliss-reactive ketones (excluding diaryl/α,β-unsaturated/α-hetero) is 1. The van der Waals surface area contributed by atoms with Crippen LogP contribution in [0.25, 0.3) is 0 Å². The Balaban J connectivity index is 1.61. The molecule has 1 fully saturated rings. The van der Waals surface area contributed by atoms with E-state index in [4.69, 9.17) is 4.98 Å². The molecule has 0 radical (unpaired) electrons. The number of nitrogens with one attached hydrogen (secondary N) is 1. The molecule has 1 saturated carbocycles. The third kappa shape index (κ3) is 4.23. The predicted octanol–water partition coefficient (Wildman–Crippen LogP) is 3.47. The number of aromatic nitrogens is 2. The number of hydrogen-bond acceptors (Lipinski definition) is 6. The summed E-state index contributed by atoms with van der Waals surface area (Å²) >= 11 is 0. The van der Waals surface area contributed by atoms with Crippen LogP contribution in [0.1, 0.15) is 44.6 Å². The Morgan fingerprint density at radius 1 is 1.21 bits per heavy atom. The second kappa shape index (κ2) is 8.19. The monoisotopic (exact) mass is 393 g/mol. The van der Waals surface area contributed by atoms with Crippen LogP contribution >= 0.6 is 0 Å². The van der Waals surface area contributed by atoms with Crippen molar-refractivity contribution in [1.82, 2.24) is 9.97 Å². The Hall–Kier alpha value is -2.96. The van der Waals surface area contributed by atoms with Crippen LogP contribution in [0.2, 0.25) is 0 Å². The van der Waals surface area contributed by atoms with E-state index < -0.39 is 0 Å². The maximum atomic E-state index is 12.4. The normalized spacial score (nSPS) is 17.2. The van der Waals surface area contributed by atoms with Crippen molar-refractivity contribution in [2.45, 2.75) is 51.5 Å². The van der Waals surface area contributed by atoms with Gasteiger partial charge in [-0.3, -0.25) is 9.59 Å². The lowest BCUT2D eigenvalue weighted by Gasteiger charge is -2.30. The zero-order chi connectivity index (χ0) is 20.4. The maximum absolute atomic E-state index is 12.4. The highest BCUT2D eigenvalue weighted by Crippen LogP contribution is 2.36. The fourth-order valence-electron chi connectivity index (χ4n) is 4.19. The van der Waals surface area contributed by atoms with Crippen molar-refractivity contribution in [3.63, 3.8) is 0 Å². The molecule has 0 saturated heterocycles. The van der Waals surface area contributed by atoms with Gasteiger partial charge in [0, 0.05) is 38.2 Å². The number of amides is 1. The largest absolute Gasteiger partial charge is 0.351 e. The molecular formula is C22H27N5O2. The molecule has 2 aliphatic rings. The van der Waals surface area contributed by atoms with Gasteiger partial charge in [0.05, 0.1) is 6.20 Å². The molecule has 1 N–H and O–H groups in total. The van der Waals surface area contributed by atoms with Gasteiger partial charge in [-0.15, -0.1) is 0 Å². The van der Waals surface area contributed by atoms with Crippen LogP contribution in [0.4, 0.5) is 23.1 Å². The Morgan fingerprint density at radius 3 is 2.62 bits per heavy atom. The lowest BCUT2D eigenvalue weighted by atomic mass is 10.1. The summed E-state index contributed by atoms with van der Waals surface area (Å²) in [6.45, 7) is 2.28. The summed E-state index contributed by atoms with van der Waals surface area (Å²) in [6.07, 6.45) is 7.39. The molecule has 0 unspecified atom stereocenters. The molecule has 0 atom stereocenters. The lowest BCUT2D eigenvalue weighted by molar-refractivity contribution is -0.118. The summed E-state index contributed by atoms with van der Waals surface area (Å²) in [6, 6.07) is 8.16. The van der Waals surface area contributed by atoms with Crippen LogP contribution < -0.4 is 15.1 Å². The van der Waals surface area contributed by atoms with Crippen molar-refractivity contribution in [3.8, 4) is 0 Å². The van der Waals surface area contributed by atoms with E-state index in [0.717, 1.165) is 35.6 Å². The van der Waals surface area contributed by atoms with Crippen molar-refractivity contribution >= 4 is 34.8 Å². The summed E-state index contributed by atoms with van der Waals surface area (Å²) in [5.74, 6) is 1.58. The van der Waals surface area contributed by atoms with Crippen LogP contribution in [0.15, 0.2) is 30.5 Å². The molecule has 0 bridgehead atoms. The molecule has 1 aromatic heterocycles. The standard InChI is InChI=1S/C22H27N5O2/c1-15(28)13-16-7-9-17(10-8-16)24-22-23-14-19-21(25-22)27(18-5-3-4-6-18)12-11-20(29)26(19)2/h7-10,14,18H,3-6,11-13H2,1-2H3,(H,23,24,25). The molecular weight excluding hydrogens is 366 g/mol. The van der Waals surface area contributed by atoms with Crippen LogP contribution in [0, 0.1) is 0 Å². The van der Waals surface area contributed by atoms with Crippen molar-refractivity contribution in [2.75, 3.05) is 28.7 Å². The molecule has 152 valence electrons. The third-order valence-corrected chi connectivity index (χ3v) is 5.75. The molecule has 1 amide bonds. The fraction of sp³-hybridized carbons (Fsp3) is 0.455. The molecule has 7 heteroatoms. The first-order valence-electron chi connectivity index (χ1n) is 10.3. The number of rotatable bonds is 5. The zero-order valence-electron chi connectivity index (χ0n) is 17.0. The SMILES string of the molecule is CC(=O)Cc1ccc(Nc2ncc3c(n2)N(C2CCCC2)CCC(=O)N3C)cc1. The number of carbonyl (C=O) groups is 2. The van der Waals surface area contributed by atoms with E-state index in [1.54, 1.807) is 25.1 Å². The molecule has 1 aromatic carbocycles. The van der Waals surface area contributed by atoms with Crippen molar-refractivity contribution < 1.29 is 9.59 Å². The van der Waals surface area contributed by atoms with E-state index in [-0.39, 0.29) is 11.7 Å². The Bertz CT molecular complexity index is 906. The molecule has 29 heavy (non-hydrogen) atoms. The summed E-state index contributed by atoms with van der Waals surface area (Å²) in [7, 11) is 1.80. The number of fused-ring (bicyclic) bond motifs is 1. The quantitative estimate of drug-likeness (QED) is 0.838. The van der Waals surface area contributed by atoms with E-state index in [1.165, 1.54) is 12.8 Å². The van der Waals surface area contributed by atoms with Crippen LogP contribution in [-0.4, -0.2) is 41.3 Å². The number of nitrogens with zero attached hydrogens (tertiary/aromatic N) is 4. The van der Waals surface area contributed by atoms with Gasteiger partial charge < -0.3 is 15.1 Å². The Morgan fingerprint density at radius 2 is 1.93 bits per heavy atom. The van der Waals surface area contributed by atoms with Crippen molar-refractivity contribution in [2.24, 2.45) is 0 Å². The first-order valence-corrected chi connectivity index (χ1v) is 10.3. The molecule has 1 aliphatic heterocycles. The van der Waals surface area contributed by atoms with Gasteiger partial charge in [-0.25, -0.2) is 4.98 Å². The number of hydrogen-bond donors (Lipinski definition) is 1. The topological polar surface area (TPSA) is 78.4 Å². The van der Waals surface area contributed by atoms with E-state index in [9.17, 15) is 9.59 Å². The molecule has 0 spiro atoms. The summed E-state index contributed by atoms with van der Waals surface area (Å²) in [5, 5.41) is 3.25. The van der Waals surface area contributed by atoms with Gasteiger partial charge in [0.1, 0.15) is 11.5 Å². The van der Waals surface area contributed by atoms with Gasteiger partial charge in [0.2, 0.25) is 11.9 Å². The number of anilines is 4. The molecule has 1 aliphatic carbocycles. The smallest absolute Gasteiger partial charge is 0.229 e. The van der Waals surface area contributed by atoms with Gasteiger partial charge in [-0.1, -0.05) is 25.0 Å². The van der Waals surface area contributed by atoms with Gasteiger partial charge in [-0.05, 0) is 37.5 Å². The number of benzene rings is 1. The van der Waals surface area contributed by atoms with Crippen LogP contribution in [-0.2, 0) is 16.0 Å². The second-order valence-electron chi connectivity index (χ2n) is 7.94. The minimum atomic E-state index is 0.0946.